The normalized spacial score (nSPS) is 12.0. The topological polar surface area (TPSA) is 56.2 Å². The summed E-state index contributed by atoms with van der Waals surface area (Å²) in [6.45, 7) is 12.6. The molecule has 2 aromatic carbocycles. The summed E-state index contributed by atoms with van der Waals surface area (Å²) in [4.78, 5) is 16.8. The molecule has 5 heteroatoms. The first-order valence-corrected chi connectivity index (χ1v) is 9.48. The summed E-state index contributed by atoms with van der Waals surface area (Å²) in [5, 5.41) is 2.96. The first-order chi connectivity index (χ1) is 13.4. The molecule has 3 rings (SSSR count). The minimum absolute atomic E-state index is 0.169. The van der Waals surface area contributed by atoms with E-state index in [9.17, 15) is 4.79 Å². The number of benzene rings is 2. The fraction of sp³-hybridized carbons (Fsp3) is 0.304. The SMILES string of the molecule is C=C(C)C(=O)NC(C)c1nc2ccccc2n1CCOc1cc(C)ccc1C. The van der Waals surface area contributed by atoms with Crippen molar-refractivity contribution in [3.8, 4) is 5.75 Å². The number of fused-ring (bicyclic) bond motifs is 1. The van der Waals surface area contributed by atoms with Crippen molar-refractivity contribution in [1.29, 1.82) is 0 Å². The largest absolute Gasteiger partial charge is 0.491 e. The monoisotopic (exact) mass is 377 g/mol. The van der Waals surface area contributed by atoms with Gasteiger partial charge in [-0.05, 0) is 57.0 Å². The molecular weight excluding hydrogens is 350 g/mol. The van der Waals surface area contributed by atoms with E-state index in [-0.39, 0.29) is 11.9 Å². The third-order valence-electron chi connectivity index (χ3n) is 4.72. The minimum Gasteiger partial charge on any atom is -0.491 e. The number of ether oxygens (including phenoxy) is 1. The lowest BCUT2D eigenvalue weighted by molar-refractivity contribution is -0.118. The van der Waals surface area contributed by atoms with Crippen LogP contribution in [0.3, 0.4) is 0 Å². The number of aryl methyl sites for hydroxylation is 2. The van der Waals surface area contributed by atoms with Gasteiger partial charge >= 0.3 is 0 Å². The summed E-state index contributed by atoms with van der Waals surface area (Å²) < 4.78 is 8.16. The number of nitrogens with one attached hydrogen (secondary N) is 1. The third kappa shape index (κ3) is 4.25. The third-order valence-corrected chi connectivity index (χ3v) is 4.72. The van der Waals surface area contributed by atoms with Crippen LogP contribution in [0.25, 0.3) is 11.0 Å². The predicted molar refractivity (Wildman–Crippen MR) is 113 cm³/mol. The van der Waals surface area contributed by atoms with Crippen LogP contribution in [0.2, 0.25) is 0 Å². The number of hydrogen-bond donors (Lipinski definition) is 1. The highest BCUT2D eigenvalue weighted by Gasteiger charge is 2.18. The molecule has 1 aromatic heterocycles. The van der Waals surface area contributed by atoms with Crippen LogP contribution >= 0.6 is 0 Å². The van der Waals surface area contributed by atoms with Gasteiger partial charge in [-0.15, -0.1) is 0 Å². The van der Waals surface area contributed by atoms with Gasteiger partial charge in [-0.3, -0.25) is 4.79 Å². The highest BCUT2D eigenvalue weighted by atomic mass is 16.5. The van der Waals surface area contributed by atoms with Crippen molar-refractivity contribution in [1.82, 2.24) is 14.9 Å². The van der Waals surface area contributed by atoms with E-state index in [0.717, 1.165) is 28.2 Å². The van der Waals surface area contributed by atoms with Crippen LogP contribution in [0.5, 0.6) is 5.75 Å². The Balaban J connectivity index is 1.83. The number of nitrogens with zero attached hydrogens (tertiary/aromatic N) is 2. The molecule has 3 aromatic rings. The molecule has 146 valence electrons. The van der Waals surface area contributed by atoms with Gasteiger partial charge in [-0.25, -0.2) is 4.98 Å². The smallest absolute Gasteiger partial charge is 0.246 e. The van der Waals surface area contributed by atoms with Gasteiger partial charge in [0.05, 0.1) is 23.6 Å². The fourth-order valence-electron chi connectivity index (χ4n) is 3.15. The van der Waals surface area contributed by atoms with Gasteiger partial charge in [-0.1, -0.05) is 30.8 Å². The Morgan fingerprint density at radius 3 is 2.75 bits per heavy atom. The average Bonchev–Trinajstić information content (AvgIpc) is 3.03. The van der Waals surface area contributed by atoms with E-state index in [1.54, 1.807) is 6.92 Å². The summed E-state index contributed by atoms with van der Waals surface area (Å²) in [5.74, 6) is 1.53. The zero-order valence-corrected chi connectivity index (χ0v) is 17.0. The fourth-order valence-corrected chi connectivity index (χ4v) is 3.15. The number of carbonyl (C=O) groups is 1. The summed E-state index contributed by atoms with van der Waals surface area (Å²) in [6, 6.07) is 13.9. The lowest BCUT2D eigenvalue weighted by Gasteiger charge is -2.17. The Morgan fingerprint density at radius 1 is 1.25 bits per heavy atom. The number of amides is 1. The Labute approximate surface area is 166 Å². The van der Waals surface area contributed by atoms with Crippen LogP contribution in [0, 0.1) is 13.8 Å². The average molecular weight is 377 g/mol. The molecule has 0 aliphatic carbocycles. The molecule has 0 bridgehead atoms. The Bertz CT molecular complexity index is 1020. The molecule has 0 spiro atoms. The molecule has 5 nitrogen and oxygen atoms in total. The standard InChI is InChI=1S/C23H27N3O2/c1-15(2)23(27)24-18(5)22-25-19-8-6-7-9-20(19)26(22)12-13-28-21-14-16(3)10-11-17(21)4/h6-11,14,18H,1,12-13H2,2-5H3,(H,24,27). The molecule has 1 amide bonds. The minimum atomic E-state index is -0.239. The van der Waals surface area contributed by atoms with Crippen molar-refractivity contribution in [3.63, 3.8) is 0 Å². The second-order valence-corrected chi connectivity index (χ2v) is 7.20. The number of carbonyl (C=O) groups excluding carboxylic acids is 1. The zero-order chi connectivity index (χ0) is 20.3. The van der Waals surface area contributed by atoms with E-state index in [4.69, 9.17) is 9.72 Å². The van der Waals surface area contributed by atoms with Gasteiger partial charge in [-0.2, -0.15) is 0 Å². The number of rotatable bonds is 7. The van der Waals surface area contributed by atoms with Crippen molar-refractivity contribution in [3.05, 3.63) is 71.6 Å². The van der Waals surface area contributed by atoms with Gasteiger partial charge in [0.2, 0.25) is 5.91 Å². The van der Waals surface area contributed by atoms with E-state index in [2.05, 4.69) is 41.6 Å². The van der Waals surface area contributed by atoms with Gasteiger partial charge in [0, 0.05) is 5.57 Å². The van der Waals surface area contributed by atoms with E-state index < -0.39 is 0 Å². The molecule has 0 saturated heterocycles. The highest BCUT2D eigenvalue weighted by Crippen LogP contribution is 2.22. The molecule has 28 heavy (non-hydrogen) atoms. The highest BCUT2D eigenvalue weighted by molar-refractivity contribution is 5.92. The van der Waals surface area contributed by atoms with Crippen molar-refractivity contribution in [2.75, 3.05) is 6.61 Å². The quantitative estimate of drug-likeness (QED) is 0.618. The van der Waals surface area contributed by atoms with Crippen LogP contribution in [0.4, 0.5) is 0 Å². The van der Waals surface area contributed by atoms with Crippen LogP contribution < -0.4 is 10.1 Å². The first kappa shape index (κ1) is 19.7. The molecule has 0 aliphatic heterocycles. The van der Waals surface area contributed by atoms with Crippen LogP contribution in [0.1, 0.15) is 36.8 Å². The second kappa shape index (κ2) is 8.30. The van der Waals surface area contributed by atoms with Gasteiger partial charge in [0.25, 0.3) is 0 Å². The Morgan fingerprint density at radius 2 is 2.00 bits per heavy atom. The van der Waals surface area contributed by atoms with Gasteiger partial charge in [0.15, 0.2) is 0 Å². The maximum atomic E-state index is 12.0. The molecule has 1 heterocycles. The molecule has 0 saturated carbocycles. The van der Waals surface area contributed by atoms with Crippen molar-refractivity contribution in [2.45, 2.75) is 40.3 Å². The number of imidazole rings is 1. The molecule has 0 aliphatic rings. The van der Waals surface area contributed by atoms with E-state index in [0.29, 0.717) is 18.7 Å². The zero-order valence-electron chi connectivity index (χ0n) is 17.0. The molecule has 1 unspecified atom stereocenters. The first-order valence-electron chi connectivity index (χ1n) is 9.48. The van der Waals surface area contributed by atoms with Crippen LogP contribution in [0.15, 0.2) is 54.6 Å². The van der Waals surface area contributed by atoms with Crippen molar-refractivity contribution in [2.24, 2.45) is 0 Å². The maximum absolute atomic E-state index is 12.0. The van der Waals surface area contributed by atoms with Crippen molar-refractivity contribution < 1.29 is 9.53 Å². The lowest BCUT2D eigenvalue weighted by atomic mass is 10.1. The predicted octanol–water partition coefficient (Wildman–Crippen LogP) is 4.49. The Hall–Kier alpha value is -3.08. The summed E-state index contributed by atoms with van der Waals surface area (Å²) in [7, 11) is 0. The van der Waals surface area contributed by atoms with Gasteiger partial charge < -0.3 is 14.6 Å². The molecule has 0 fully saturated rings. The molecule has 0 radical (unpaired) electrons. The summed E-state index contributed by atoms with van der Waals surface area (Å²) in [6.07, 6.45) is 0. The van der Waals surface area contributed by atoms with Gasteiger partial charge in [0.1, 0.15) is 18.2 Å². The number of para-hydroxylation sites is 2. The van der Waals surface area contributed by atoms with Crippen molar-refractivity contribution >= 4 is 16.9 Å². The Kier molecular flexibility index (Phi) is 5.83. The molecule has 1 atom stereocenters. The summed E-state index contributed by atoms with van der Waals surface area (Å²) in [5.41, 5.74) is 4.70. The number of hydrogen-bond acceptors (Lipinski definition) is 3. The van der Waals surface area contributed by atoms with Crippen LogP contribution in [-0.2, 0) is 11.3 Å². The summed E-state index contributed by atoms with van der Waals surface area (Å²) >= 11 is 0. The second-order valence-electron chi connectivity index (χ2n) is 7.20. The van der Waals surface area contributed by atoms with E-state index in [1.807, 2.05) is 38.1 Å². The lowest BCUT2D eigenvalue weighted by Crippen LogP contribution is -2.29. The van der Waals surface area contributed by atoms with E-state index in [1.165, 1.54) is 5.56 Å². The molecular formula is C23H27N3O2. The maximum Gasteiger partial charge on any atom is 0.246 e. The van der Waals surface area contributed by atoms with Crippen LogP contribution in [-0.4, -0.2) is 22.1 Å². The number of aromatic nitrogens is 2. The molecule has 1 N–H and O–H groups in total. The van der Waals surface area contributed by atoms with E-state index >= 15 is 0 Å².